The molecule has 0 aromatic heterocycles. The first-order chi connectivity index (χ1) is 8.99. The normalized spacial score (nSPS) is 22.5. The second-order valence-corrected chi connectivity index (χ2v) is 5.16. The zero-order valence-corrected chi connectivity index (χ0v) is 11.0. The zero-order valence-electron chi connectivity index (χ0n) is 10.2. The zero-order chi connectivity index (χ0) is 14.0. The fourth-order valence-electron chi connectivity index (χ4n) is 2.31. The molecular weight excluding hydrogens is 273 g/mol. The van der Waals surface area contributed by atoms with Crippen LogP contribution in [-0.4, -0.2) is 28.8 Å². The van der Waals surface area contributed by atoms with Crippen LogP contribution in [0.5, 0.6) is 5.75 Å². The molecule has 0 heterocycles. The van der Waals surface area contributed by atoms with Crippen LogP contribution in [0, 0.1) is 11.7 Å². The smallest absolute Gasteiger partial charge is 0.255 e. The van der Waals surface area contributed by atoms with E-state index < -0.39 is 23.6 Å². The molecule has 1 aliphatic carbocycles. The van der Waals surface area contributed by atoms with Gasteiger partial charge in [0.2, 0.25) is 0 Å². The van der Waals surface area contributed by atoms with Gasteiger partial charge in [0.25, 0.3) is 5.91 Å². The van der Waals surface area contributed by atoms with Crippen molar-refractivity contribution in [3.8, 4) is 5.75 Å². The number of phenolic OH excluding ortho intramolecular Hbond substituents is 1. The summed E-state index contributed by atoms with van der Waals surface area (Å²) in [5, 5.41) is 21.6. The van der Waals surface area contributed by atoms with Crippen molar-refractivity contribution in [1.29, 1.82) is 0 Å². The van der Waals surface area contributed by atoms with Crippen molar-refractivity contribution in [1.82, 2.24) is 5.32 Å². The summed E-state index contributed by atoms with van der Waals surface area (Å²) >= 11 is 5.60. The lowest BCUT2D eigenvalue weighted by molar-refractivity contribution is 0.0914. The molecular formula is C13H15ClFNO3. The molecule has 1 aromatic carbocycles. The standard InChI is InChI=1S/C13H15ClFNO3/c14-10-5-8(15)4-9(12(10)18)13(19)16-6-7-2-1-3-11(7)17/h4-5,7,11,17-18H,1-3,6H2,(H,16,19). The van der Waals surface area contributed by atoms with E-state index in [1.54, 1.807) is 0 Å². The van der Waals surface area contributed by atoms with Gasteiger partial charge in [-0.25, -0.2) is 4.39 Å². The Hall–Kier alpha value is -1.33. The van der Waals surface area contributed by atoms with Crippen LogP contribution in [0.25, 0.3) is 0 Å². The van der Waals surface area contributed by atoms with Crippen LogP contribution in [0.4, 0.5) is 4.39 Å². The number of aliphatic hydroxyl groups excluding tert-OH is 1. The third kappa shape index (κ3) is 3.16. The Bertz CT molecular complexity index is 495. The first-order valence-electron chi connectivity index (χ1n) is 6.13. The summed E-state index contributed by atoms with van der Waals surface area (Å²) in [5.74, 6) is -1.71. The minimum Gasteiger partial charge on any atom is -0.506 e. The molecule has 0 saturated heterocycles. The number of aromatic hydroxyl groups is 1. The van der Waals surface area contributed by atoms with Crippen LogP contribution in [-0.2, 0) is 0 Å². The molecule has 4 nitrogen and oxygen atoms in total. The molecule has 19 heavy (non-hydrogen) atoms. The Balaban J connectivity index is 2.04. The van der Waals surface area contributed by atoms with Gasteiger partial charge < -0.3 is 15.5 Å². The highest BCUT2D eigenvalue weighted by Gasteiger charge is 2.26. The third-order valence-electron chi connectivity index (χ3n) is 3.42. The Morgan fingerprint density at radius 1 is 1.47 bits per heavy atom. The Kier molecular flexibility index (Phi) is 4.27. The highest BCUT2D eigenvalue weighted by Crippen LogP contribution is 2.29. The van der Waals surface area contributed by atoms with Crippen molar-refractivity contribution in [2.45, 2.75) is 25.4 Å². The first-order valence-corrected chi connectivity index (χ1v) is 6.51. The van der Waals surface area contributed by atoms with Gasteiger partial charge in [-0.2, -0.15) is 0 Å². The number of carbonyl (C=O) groups is 1. The second-order valence-electron chi connectivity index (χ2n) is 4.75. The molecule has 6 heteroatoms. The molecule has 0 spiro atoms. The summed E-state index contributed by atoms with van der Waals surface area (Å²) in [5.41, 5.74) is -0.197. The van der Waals surface area contributed by atoms with Gasteiger partial charge in [-0.15, -0.1) is 0 Å². The Morgan fingerprint density at radius 3 is 2.84 bits per heavy atom. The van der Waals surface area contributed by atoms with Gasteiger partial charge in [-0.1, -0.05) is 18.0 Å². The van der Waals surface area contributed by atoms with E-state index in [1.807, 2.05) is 0 Å². The largest absolute Gasteiger partial charge is 0.506 e. The molecule has 2 atom stereocenters. The van der Waals surface area contributed by atoms with Crippen molar-refractivity contribution in [2.75, 3.05) is 6.54 Å². The molecule has 0 bridgehead atoms. The number of hydrogen-bond donors (Lipinski definition) is 3. The molecule has 1 fully saturated rings. The minimum atomic E-state index is -0.686. The van der Waals surface area contributed by atoms with Gasteiger partial charge >= 0.3 is 0 Å². The molecule has 3 N–H and O–H groups in total. The third-order valence-corrected chi connectivity index (χ3v) is 3.70. The average Bonchev–Trinajstić information content (AvgIpc) is 2.76. The molecule has 2 rings (SSSR count). The van der Waals surface area contributed by atoms with Gasteiger partial charge in [0.1, 0.15) is 11.6 Å². The Morgan fingerprint density at radius 2 is 2.21 bits per heavy atom. The summed E-state index contributed by atoms with van der Waals surface area (Å²) in [6, 6.07) is 1.87. The molecule has 1 saturated carbocycles. The number of rotatable bonds is 3. The van der Waals surface area contributed by atoms with Crippen LogP contribution in [0.1, 0.15) is 29.6 Å². The van der Waals surface area contributed by atoms with Gasteiger partial charge in [-0.3, -0.25) is 4.79 Å². The van der Waals surface area contributed by atoms with E-state index in [4.69, 9.17) is 11.6 Å². The van der Waals surface area contributed by atoms with Crippen molar-refractivity contribution < 1.29 is 19.4 Å². The maximum absolute atomic E-state index is 13.2. The lowest BCUT2D eigenvalue weighted by atomic mass is 10.1. The molecule has 1 amide bonds. The van der Waals surface area contributed by atoms with Crippen LogP contribution in [0.3, 0.4) is 0 Å². The fourth-order valence-corrected chi connectivity index (χ4v) is 2.52. The number of hydrogen-bond acceptors (Lipinski definition) is 3. The van der Waals surface area contributed by atoms with Crippen LogP contribution in [0.15, 0.2) is 12.1 Å². The summed E-state index contributed by atoms with van der Waals surface area (Å²) in [6.07, 6.45) is 2.10. The van der Waals surface area contributed by atoms with Crippen molar-refractivity contribution >= 4 is 17.5 Å². The number of nitrogens with one attached hydrogen (secondary N) is 1. The first kappa shape index (κ1) is 14.1. The number of carbonyl (C=O) groups excluding carboxylic acids is 1. The quantitative estimate of drug-likeness (QED) is 0.797. The predicted octanol–water partition coefficient (Wildman–Crippen LogP) is 2.08. The Labute approximate surface area is 115 Å². The number of aliphatic hydroxyl groups is 1. The predicted molar refractivity (Wildman–Crippen MR) is 68.8 cm³/mol. The maximum Gasteiger partial charge on any atom is 0.255 e. The number of amides is 1. The second kappa shape index (κ2) is 5.75. The number of benzene rings is 1. The molecule has 1 aliphatic rings. The van der Waals surface area contributed by atoms with E-state index in [0.717, 1.165) is 31.4 Å². The molecule has 104 valence electrons. The monoisotopic (exact) mass is 287 g/mol. The van der Waals surface area contributed by atoms with Crippen LogP contribution in [0.2, 0.25) is 5.02 Å². The van der Waals surface area contributed by atoms with Crippen molar-refractivity contribution in [2.24, 2.45) is 5.92 Å². The van der Waals surface area contributed by atoms with Gasteiger partial charge in [-0.05, 0) is 25.0 Å². The van der Waals surface area contributed by atoms with Gasteiger partial charge in [0.15, 0.2) is 0 Å². The molecule has 1 aromatic rings. The van der Waals surface area contributed by atoms with E-state index >= 15 is 0 Å². The summed E-state index contributed by atoms with van der Waals surface area (Å²) in [7, 11) is 0. The molecule has 0 radical (unpaired) electrons. The number of halogens is 2. The van der Waals surface area contributed by atoms with Crippen LogP contribution < -0.4 is 5.32 Å². The minimum absolute atomic E-state index is 0.00937. The highest BCUT2D eigenvalue weighted by molar-refractivity contribution is 6.32. The average molecular weight is 288 g/mol. The SMILES string of the molecule is O=C(NCC1CCCC1O)c1cc(F)cc(Cl)c1O. The van der Waals surface area contributed by atoms with E-state index in [0.29, 0.717) is 6.54 Å². The number of phenols is 1. The topological polar surface area (TPSA) is 69.6 Å². The van der Waals surface area contributed by atoms with Gasteiger partial charge in [0, 0.05) is 12.5 Å². The molecule has 2 unspecified atom stereocenters. The van der Waals surface area contributed by atoms with Crippen molar-refractivity contribution in [3.05, 3.63) is 28.5 Å². The summed E-state index contributed by atoms with van der Waals surface area (Å²) in [4.78, 5) is 11.9. The summed E-state index contributed by atoms with van der Waals surface area (Å²) in [6.45, 7) is 0.299. The summed E-state index contributed by atoms with van der Waals surface area (Å²) < 4.78 is 13.2. The van der Waals surface area contributed by atoms with E-state index in [2.05, 4.69) is 5.32 Å². The van der Waals surface area contributed by atoms with Gasteiger partial charge in [0.05, 0.1) is 16.7 Å². The molecule has 0 aliphatic heterocycles. The van der Waals surface area contributed by atoms with E-state index in [1.165, 1.54) is 0 Å². The van der Waals surface area contributed by atoms with E-state index in [9.17, 15) is 19.4 Å². The highest BCUT2D eigenvalue weighted by atomic mass is 35.5. The lowest BCUT2D eigenvalue weighted by Gasteiger charge is -2.15. The fraction of sp³-hybridized carbons (Fsp3) is 0.462. The van der Waals surface area contributed by atoms with Crippen LogP contribution >= 0.6 is 11.6 Å². The maximum atomic E-state index is 13.2. The lowest BCUT2D eigenvalue weighted by Crippen LogP contribution is -2.32. The van der Waals surface area contributed by atoms with Crippen molar-refractivity contribution in [3.63, 3.8) is 0 Å². The van der Waals surface area contributed by atoms with E-state index in [-0.39, 0.29) is 16.5 Å².